The van der Waals surface area contributed by atoms with Crippen LogP contribution in [0.2, 0.25) is 0 Å². The summed E-state index contributed by atoms with van der Waals surface area (Å²) in [4.78, 5) is 22.2. The van der Waals surface area contributed by atoms with Gasteiger partial charge >= 0.3 is 0 Å². The molecule has 142 valence electrons. The van der Waals surface area contributed by atoms with Crippen LogP contribution >= 0.6 is 0 Å². The number of non-ortho nitro benzene ring substituents is 1. The van der Waals surface area contributed by atoms with Gasteiger partial charge in [0, 0.05) is 17.7 Å². The van der Waals surface area contributed by atoms with Crippen LogP contribution in [0.15, 0.2) is 70.2 Å². The maximum atomic E-state index is 11.9. The van der Waals surface area contributed by atoms with Crippen LogP contribution in [0.25, 0.3) is 11.3 Å². The molecular weight excluding hydrogens is 362 g/mol. The molecule has 1 N–H and O–H groups in total. The minimum Gasteiger partial charge on any atom is -0.497 e. The summed E-state index contributed by atoms with van der Waals surface area (Å²) < 4.78 is 10.7. The van der Waals surface area contributed by atoms with Crippen molar-refractivity contribution in [2.75, 3.05) is 7.11 Å². The van der Waals surface area contributed by atoms with E-state index >= 15 is 0 Å². The van der Waals surface area contributed by atoms with Gasteiger partial charge in [-0.15, -0.1) is 0 Å². The van der Waals surface area contributed by atoms with E-state index in [4.69, 9.17) is 9.15 Å². The number of methoxy groups -OCH3 is 1. The number of amides is 1. The molecule has 3 rings (SSSR count). The molecule has 1 aromatic heterocycles. The summed E-state index contributed by atoms with van der Waals surface area (Å²) in [6, 6.07) is 16.6. The molecule has 0 bridgehead atoms. The number of nitro groups is 1. The number of furan rings is 1. The van der Waals surface area contributed by atoms with Gasteiger partial charge in [-0.3, -0.25) is 14.9 Å². The molecule has 0 atom stereocenters. The van der Waals surface area contributed by atoms with Gasteiger partial charge in [-0.2, -0.15) is 5.10 Å². The summed E-state index contributed by atoms with van der Waals surface area (Å²) in [5, 5.41) is 14.6. The van der Waals surface area contributed by atoms with Crippen LogP contribution in [-0.4, -0.2) is 24.2 Å². The topological polar surface area (TPSA) is 107 Å². The predicted molar refractivity (Wildman–Crippen MR) is 103 cm³/mol. The Hall–Kier alpha value is -3.94. The van der Waals surface area contributed by atoms with Crippen LogP contribution in [0.4, 0.5) is 5.69 Å². The van der Waals surface area contributed by atoms with Gasteiger partial charge in [0.25, 0.3) is 5.69 Å². The van der Waals surface area contributed by atoms with Gasteiger partial charge in [0.2, 0.25) is 5.91 Å². The first-order valence-corrected chi connectivity index (χ1v) is 8.34. The number of hydrazone groups is 1. The Labute approximate surface area is 160 Å². The molecule has 8 nitrogen and oxygen atoms in total. The number of hydrogen-bond donors (Lipinski definition) is 1. The third kappa shape index (κ3) is 4.82. The molecule has 8 heteroatoms. The van der Waals surface area contributed by atoms with E-state index in [9.17, 15) is 14.9 Å². The second-order valence-electron chi connectivity index (χ2n) is 5.82. The van der Waals surface area contributed by atoms with E-state index in [1.807, 2.05) is 12.1 Å². The molecule has 1 amide bonds. The molecule has 0 aliphatic carbocycles. The molecule has 0 aliphatic rings. The lowest BCUT2D eigenvalue weighted by Crippen LogP contribution is -2.19. The first-order valence-electron chi connectivity index (χ1n) is 8.34. The lowest BCUT2D eigenvalue weighted by atomic mass is 10.1. The lowest BCUT2D eigenvalue weighted by molar-refractivity contribution is -0.384. The number of rotatable bonds is 7. The van der Waals surface area contributed by atoms with Gasteiger partial charge in [0.05, 0.1) is 24.7 Å². The normalized spacial score (nSPS) is 10.8. The number of nitrogens with one attached hydrogen (secondary N) is 1. The average molecular weight is 379 g/mol. The highest BCUT2D eigenvalue weighted by atomic mass is 16.6. The van der Waals surface area contributed by atoms with E-state index in [0.29, 0.717) is 17.1 Å². The maximum Gasteiger partial charge on any atom is 0.269 e. The molecule has 1 heterocycles. The average Bonchev–Trinajstić information content (AvgIpc) is 3.17. The Kier molecular flexibility index (Phi) is 5.81. The fourth-order valence-electron chi connectivity index (χ4n) is 2.46. The molecule has 2 aromatic carbocycles. The fourth-order valence-corrected chi connectivity index (χ4v) is 2.46. The smallest absolute Gasteiger partial charge is 0.269 e. The lowest BCUT2D eigenvalue weighted by Gasteiger charge is -2.02. The van der Waals surface area contributed by atoms with Gasteiger partial charge < -0.3 is 9.15 Å². The van der Waals surface area contributed by atoms with Crippen molar-refractivity contribution in [3.8, 4) is 17.1 Å². The quantitative estimate of drug-likeness (QED) is 0.384. The van der Waals surface area contributed by atoms with Gasteiger partial charge in [0.15, 0.2) is 0 Å². The van der Waals surface area contributed by atoms with Crippen LogP contribution in [-0.2, 0) is 11.2 Å². The minimum atomic E-state index is -0.460. The Morgan fingerprint density at radius 1 is 1.14 bits per heavy atom. The number of carbonyl (C=O) groups is 1. The molecule has 0 fully saturated rings. The molecule has 0 unspecified atom stereocenters. The zero-order valence-corrected chi connectivity index (χ0v) is 15.0. The van der Waals surface area contributed by atoms with E-state index in [-0.39, 0.29) is 18.0 Å². The van der Waals surface area contributed by atoms with Gasteiger partial charge in [0.1, 0.15) is 17.3 Å². The summed E-state index contributed by atoms with van der Waals surface area (Å²) in [5.41, 5.74) is 3.99. The molecule has 0 spiro atoms. The Bertz CT molecular complexity index is 991. The minimum absolute atomic E-state index is 0.0108. The Morgan fingerprint density at radius 2 is 1.86 bits per heavy atom. The highest BCUT2D eigenvalue weighted by Crippen LogP contribution is 2.24. The van der Waals surface area contributed by atoms with Gasteiger partial charge in [-0.25, -0.2) is 5.43 Å². The van der Waals surface area contributed by atoms with E-state index in [0.717, 1.165) is 11.3 Å². The zero-order chi connectivity index (χ0) is 19.9. The van der Waals surface area contributed by atoms with Gasteiger partial charge in [-0.05, 0) is 42.0 Å². The van der Waals surface area contributed by atoms with Crippen molar-refractivity contribution in [1.29, 1.82) is 0 Å². The number of benzene rings is 2. The highest BCUT2D eigenvalue weighted by Gasteiger charge is 2.08. The number of ether oxygens (including phenoxy) is 1. The SMILES string of the molecule is COc1ccc(CC(=O)N/N=C/c2ccc(-c3ccc([N+](=O)[O-])cc3)o2)cc1. The molecular formula is C20H17N3O5. The summed E-state index contributed by atoms with van der Waals surface area (Å²) in [7, 11) is 1.58. The zero-order valence-electron chi connectivity index (χ0n) is 15.0. The van der Waals surface area contributed by atoms with E-state index < -0.39 is 4.92 Å². The summed E-state index contributed by atoms with van der Waals surface area (Å²) in [6.07, 6.45) is 1.58. The second kappa shape index (κ2) is 8.63. The van der Waals surface area contributed by atoms with Crippen molar-refractivity contribution < 1.29 is 18.9 Å². The number of nitrogens with zero attached hydrogens (tertiary/aromatic N) is 2. The Balaban J connectivity index is 1.55. The number of nitro benzene ring substituents is 1. The molecule has 28 heavy (non-hydrogen) atoms. The number of hydrogen-bond acceptors (Lipinski definition) is 6. The maximum absolute atomic E-state index is 11.9. The third-order valence-electron chi connectivity index (χ3n) is 3.89. The fraction of sp³-hybridized carbons (Fsp3) is 0.100. The largest absolute Gasteiger partial charge is 0.497 e. The third-order valence-corrected chi connectivity index (χ3v) is 3.89. The number of carbonyl (C=O) groups excluding carboxylic acids is 1. The monoisotopic (exact) mass is 379 g/mol. The molecule has 0 aliphatic heterocycles. The molecule has 3 aromatic rings. The van der Waals surface area contributed by atoms with Crippen LogP contribution in [0.5, 0.6) is 5.75 Å². The standard InChI is InChI=1S/C20H17N3O5/c1-27-17-8-2-14(3-9-17)12-20(24)22-21-13-18-10-11-19(28-18)15-4-6-16(7-5-15)23(25)26/h2-11,13H,12H2,1H3,(H,22,24)/b21-13+. The highest BCUT2D eigenvalue weighted by molar-refractivity contribution is 5.82. The van der Waals surface area contributed by atoms with Crippen LogP contribution in [0.1, 0.15) is 11.3 Å². The first-order chi connectivity index (χ1) is 13.5. The Morgan fingerprint density at radius 3 is 2.50 bits per heavy atom. The van der Waals surface area contributed by atoms with Crippen LogP contribution < -0.4 is 10.2 Å². The predicted octanol–water partition coefficient (Wildman–Crippen LogP) is 3.56. The molecule has 0 saturated carbocycles. The van der Waals surface area contributed by atoms with Crippen molar-refractivity contribution >= 4 is 17.8 Å². The second-order valence-corrected chi connectivity index (χ2v) is 5.82. The molecule has 0 radical (unpaired) electrons. The van der Waals surface area contributed by atoms with Crippen molar-refractivity contribution in [3.63, 3.8) is 0 Å². The molecule has 0 saturated heterocycles. The van der Waals surface area contributed by atoms with Gasteiger partial charge in [-0.1, -0.05) is 12.1 Å². The summed E-state index contributed by atoms with van der Waals surface area (Å²) >= 11 is 0. The van der Waals surface area contributed by atoms with E-state index in [1.165, 1.54) is 18.3 Å². The summed E-state index contributed by atoms with van der Waals surface area (Å²) in [5.74, 6) is 1.45. The van der Waals surface area contributed by atoms with E-state index in [2.05, 4.69) is 10.5 Å². The van der Waals surface area contributed by atoms with Crippen LogP contribution in [0, 0.1) is 10.1 Å². The van der Waals surface area contributed by atoms with Crippen molar-refractivity contribution in [2.24, 2.45) is 5.10 Å². The first kappa shape index (κ1) is 18.8. The van der Waals surface area contributed by atoms with Crippen molar-refractivity contribution in [2.45, 2.75) is 6.42 Å². The van der Waals surface area contributed by atoms with E-state index in [1.54, 1.807) is 43.5 Å². The van der Waals surface area contributed by atoms with Crippen molar-refractivity contribution in [1.82, 2.24) is 5.43 Å². The summed E-state index contributed by atoms with van der Waals surface area (Å²) in [6.45, 7) is 0. The van der Waals surface area contributed by atoms with Crippen LogP contribution in [0.3, 0.4) is 0 Å². The van der Waals surface area contributed by atoms with Crippen molar-refractivity contribution in [3.05, 3.63) is 82.1 Å².